The Bertz CT molecular complexity index is 851. The van der Waals surface area contributed by atoms with Gasteiger partial charge in [0.25, 0.3) is 0 Å². The fourth-order valence-corrected chi connectivity index (χ4v) is 4.49. The molecule has 0 atom stereocenters. The zero-order chi connectivity index (χ0) is 17.1. The lowest BCUT2D eigenvalue weighted by Crippen LogP contribution is -2.24. The van der Waals surface area contributed by atoms with Crippen LogP contribution in [0.25, 0.3) is 15.2 Å². The van der Waals surface area contributed by atoms with Gasteiger partial charge in [-0.3, -0.25) is 9.20 Å². The van der Waals surface area contributed by atoms with E-state index in [0.717, 1.165) is 57.8 Å². The number of carbonyl (C=O) groups excluding carboxylic acids is 1. The first-order chi connectivity index (χ1) is 11.6. The van der Waals surface area contributed by atoms with Crippen LogP contribution in [0.1, 0.15) is 43.5 Å². The van der Waals surface area contributed by atoms with Crippen LogP contribution in [0.5, 0.6) is 0 Å². The maximum absolute atomic E-state index is 12.4. The molecule has 0 radical (unpaired) electrons. The van der Waals surface area contributed by atoms with Gasteiger partial charge >= 0.3 is 0 Å². The molecule has 0 aliphatic carbocycles. The van der Waals surface area contributed by atoms with Crippen molar-refractivity contribution >= 4 is 48.2 Å². The second-order valence-electron chi connectivity index (χ2n) is 5.91. The Labute approximate surface area is 154 Å². The Morgan fingerprint density at radius 2 is 2.08 bits per heavy atom. The number of hydrogen-bond acceptors (Lipinski definition) is 4. The van der Waals surface area contributed by atoms with Gasteiger partial charge < -0.3 is 4.90 Å². The lowest BCUT2D eigenvalue weighted by Gasteiger charge is -2.17. The van der Waals surface area contributed by atoms with Crippen LogP contribution in [0.15, 0.2) is 29.0 Å². The quantitative estimate of drug-likeness (QED) is 0.389. The van der Waals surface area contributed by atoms with E-state index in [-0.39, 0.29) is 5.78 Å². The second-order valence-corrected chi connectivity index (χ2v) is 7.73. The summed E-state index contributed by atoms with van der Waals surface area (Å²) in [6.45, 7) is 7.60. The van der Waals surface area contributed by atoms with Crippen molar-refractivity contribution in [3.63, 3.8) is 0 Å². The normalized spacial score (nSPS) is 11.8. The third kappa shape index (κ3) is 3.71. The van der Waals surface area contributed by atoms with Gasteiger partial charge in [-0.15, -0.1) is 0 Å². The average molecular weight is 408 g/mol. The number of fused-ring (bicyclic) bond motifs is 3. The molecule has 0 aliphatic rings. The number of rotatable bonds is 8. The maximum Gasteiger partial charge on any atom is 0.195 e. The third-order valence-corrected chi connectivity index (χ3v) is 5.81. The number of benzene rings is 1. The molecule has 0 amide bonds. The smallest absolute Gasteiger partial charge is 0.195 e. The van der Waals surface area contributed by atoms with Crippen molar-refractivity contribution in [2.24, 2.45) is 0 Å². The number of aromatic nitrogens is 2. The summed E-state index contributed by atoms with van der Waals surface area (Å²) in [6, 6.07) is 5.97. The Balaban J connectivity index is 1.64. The Morgan fingerprint density at radius 3 is 2.83 bits per heavy atom. The summed E-state index contributed by atoms with van der Waals surface area (Å²) in [5.41, 5.74) is 1.92. The third-order valence-electron chi connectivity index (χ3n) is 4.41. The van der Waals surface area contributed by atoms with Crippen molar-refractivity contribution < 1.29 is 4.79 Å². The first kappa shape index (κ1) is 17.6. The standard InChI is InChI=1S/C18H22BrN3OS/c1-3-21(4-2)10-6-5-7-15(23)13-8-9-14-16(11-13)24-18-20-17(19)12-22(14)18/h8-9,11-12H,3-7,10H2,1-2H3. The molecule has 3 rings (SSSR count). The largest absolute Gasteiger partial charge is 0.304 e. The number of hydrogen-bond donors (Lipinski definition) is 0. The minimum atomic E-state index is 0.240. The van der Waals surface area contributed by atoms with Gasteiger partial charge in [-0.1, -0.05) is 25.2 Å². The van der Waals surface area contributed by atoms with Crippen molar-refractivity contribution in [2.45, 2.75) is 33.1 Å². The molecule has 0 unspecified atom stereocenters. The van der Waals surface area contributed by atoms with Crippen molar-refractivity contribution in [2.75, 3.05) is 19.6 Å². The fourth-order valence-electron chi connectivity index (χ4n) is 2.95. The Kier molecular flexibility index (Phi) is 5.69. The van der Waals surface area contributed by atoms with E-state index in [0.29, 0.717) is 6.42 Å². The van der Waals surface area contributed by atoms with Crippen LogP contribution in [-0.4, -0.2) is 39.7 Å². The minimum Gasteiger partial charge on any atom is -0.304 e. The highest BCUT2D eigenvalue weighted by Crippen LogP contribution is 2.28. The van der Waals surface area contributed by atoms with Crippen LogP contribution >= 0.6 is 27.3 Å². The van der Waals surface area contributed by atoms with E-state index in [2.05, 4.69) is 44.1 Å². The lowest BCUT2D eigenvalue weighted by atomic mass is 10.1. The molecule has 6 heteroatoms. The predicted octanol–water partition coefficient (Wildman–Crippen LogP) is 5.01. The molecule has 24 heavy (non-hydrogen) atoms. The van der Waals surface area contributed by atoms with Crippen LogP contribution < -0.4 is 0 Å². The number of unbranched alkanes of at least 4 members (excludes halogenated alkanes) is 1. The topological polar surface area (TPSA) is 37.6 Å². The van der Waals surface area contributed by atoms with Gasteiger partial charge in [0.15, 0.2) is 10.7 Å². The van der Waals surface area contributed by atoms with E-state index in [1.54, 1.807) is 11.3 Å². The van der Waals surface area contributed by atoms with E-state index >= 15 is 0 Å². The molecule has 0 spiro atoms. The van der Waals surface area contributed by atoms with Gasteiger partial charge in [0, 0.05) is 18.2 Å². The summed E-state index contributed by atoms with van der Waals surface area (Å²) in [6.07, 6.45) is 4.62. The molecule has 4 nitrogen and oxygen atoms in total. The second kappa shape index (κ2) is 7.76. The summed E-state index contributed by atoms with van der Waals surface area (Å²) in [7, 11) is 0. The Hall–Kier alpha value is -1.24. The van der Waals surface area contributed by atoms with Crippen molar-refractivity contribution in [1.29, 1.82) is 0 Å². The van der Waals surface area contributed by atoms with Crippen LogP contribution in [0.2, 0.25) is 0 Å². The number of ketones is 1. The molecule has 3 aromatic rings. The summed E-state index contributed by atoms with van der Waals surface area (Å²) in [5, 5.41) is 0. The monoisotopic (exact) mass is 407 g/mol. The first-order valence-electron chi connectivity index (χ1n) is 8.45. The number of imidazole rings is 1. The zero-order valence-electron chi connectivity index (χ0n) is 14.1. The number of thiazole rings is 1. The molecule has 2 aromatic heterocycles. The predicted molar refractivity (Wildman–Crippen MR) is 104 cm³/mol. The van der Waals surface area contributed by atoms with Crippen LogP contribution in [0.4, 0.5) is 0 Å². The van der Waals surface area contributed by atoms with Gasteiger partial charge in [-0.25, -0.2) is 4.98 Å². The molecular weight excluding hydrogens is 386 g/mol. The highest BCUT2D eigenvalue weighted by Gasteiger charge is 2.11. The van der Waals surface area contributed by atoms with Crippen molar-refractivity contribution in [3.8, 4) is 0 Å². The summed E-state index contributed by atoms with van der Waals surface area (Å²) >= 11 is 5.02. The van der Waals surface area contributed by atoms with Gasteiger partial charge in [0.1, 0.15) is 4.60 Å². The molecule has 0 fully saturated rings. The van der Waals surface area contributed by atoms with Gasteiger partial charge in [-0.05, 0) is 66.6 Å². The molecule has 2 heterocycles. The Morgan fingerprint density at radius 1 is 1.29 bits per heavy atom. The van der Waals surface area contributed by atoms with Gasteiger partial charge in [0.05, 0.1) is 10.2 Å². The van der Waals surface area contributed by atoms with E-state index in [9.17, 15) is 4.79 Å². The molecule has 0 saturated carbocycles. The van der Waals surface area contributed by atoms with Gasteiger partial charge in [0.2, 0.25) is 0 Å². The van der Waals surface area contributed by atoms with E-state index < -0.39 is 0 Å². The molecule has 0 bridgehead atoms. The summed E-state index contributed by atoms with van der Waals surface area (Å²) < 4.78 is 4.01. The van der Waals surface area contributed by atoms with E-state index in [1.807, 2.05) is 24.4 Å². The SMILES string of the molecule is CCN(CC)CCCCC(=O)c1ccc2c(c1)sc1nc(Br)cn12. The zero-order valence-corrected chi connectivity index (χ0v) is 16.5. The van der Waals surface area contributed by atoms with Crippen molar-refractivity contribution in [3.05, 3.63) is 34.6 Å². The molecule has 128 valence electrons. The highest BCUT2D eigenvalue weighted by molar-refractivity contribution is 9.10. The van der Waals surface area contributed by atoms with E-state index in [4.69, 9.17) is 0 Å². The van der Waals surface area contributed by atoms with Crippen LogP contribution in [-0.2, 0) is 0 Å². The molecule has 0 saturated heterocycles. The molecular formula is C18H22BrN3OS. The summed E-state index contributed by atoms with van der Waals surface area (Å²) in [4.78, 5) is 20.2. The minimum absolute atomic E-state index is 0.240. The number of Topliss-reactive ketones (excluding diaryl/α,β-unsaturated/α-hetero) is 1. The van der Waals surface area contributed by atoms with Gasteiger partial charge in [-0.2, -0.15) is 0 Å². The molecule has 1 aromatic carbocycles. The number of carbonyl (C=O) groups is 1. The first-order valence-corrected chi connectivity index (χ1v) is 10.1. The van der Waals surface area contributed by atoms with E-state index in [1.165, 1.54) is 0 Å². The lowest BCUT2D eigenvalue weighted by molar-refractivity contribution is 0.0978. The fraction of sp³-hybridized carbons (Fsp3) is 0.444. The highest BCUT2D eigenvalue weighted by atomic mass is 79.9. The number of nitrogens with zero attached hydrogens (tertiary/aromatic N) is 3. The summed E-state index contributed by atoms with van der Waals surface area (Å²) in [5.74, 6) is 0.240. The van der Waals surface area contributed by atoms with Crippen molar-refractivity contribution in [1.82, 2.24) is 14.3 Å². The molecule has 0 aliphatic heterocycles. The van der Waals surface area contributed by atoms with Crippen LogP contribution in [0, 0.1) is 0 Å². The maximum atomic E-state index is 12.4. The number of halogens is 1. The molecule has 0 N–H and O–H groups in total. The van der Waals surface area contributed by atoms with Crippen LogP contribution in [0.3, 0.4) is 0 Å². The average Bonchev–Trinajstić information content (AvgIpc) is 3.09.